The Bertz CT molecular complexity index is 692. The first-order chi connectivity index (χ1) is 9.04. The first kappa shape index (κ1) is 13.6. The van der Waals surface area contributed by atoms with E-state index in [1.54, 1.807) is 24.3 Å². The number of nitrogens with two attached hydrogens (primary N) is 1. The van der Waals surface area contributed by atoms with Crippen molar-refractivity contribution in [3.8, 4) is 0 Å². The summed E-state index contributed by atoms with van der Waals surface area (Å²) in [6, 6.07) is 12.4. The molecule has 0 atom stereocenters. The summed E-state index contributed by atoms with van der Waals surface area (Å²) in [4.78, 5) is 0.418. The van der Waals surface area contributed by atoms with Gasteiger partial charge in [-0.2, -0.15) is 5.10 Å². The smallest absolute Gasteiger partial charge is 0.206 e. The standard InChI is InChI=1S/C13H11ClN2O2S/c14-11-3-7-13(8-4-11)19(17,18)12-5-1-10(2-6-12)9-16-15/h1-9H,15H2. The van der Waals surface area contributed by atoms with Gasteiger partial charge >= 0.3 is 0 Å². The number of nitrogens with zero attached hydrogens (tertiary/aromatic N) is 1. The summed E-state index contributed by atoms with van der Waals surface area (Å²) >= 11 is 5.74. The van der Waals surface area contributed by atoms with Gasteiger partial charge in [-0.25, -0.2) is 8.42 Å². The summed E-state index contributed by atoms with van der Waals surface area (Å²) in [5.41, 5.74) is 0.734. The quantitative estimate of drug-likeness (QED) is 0.537. The van der Waals surface area contributed by atoms with E-state index in [1.807, 2.05) is 0 Å². The van der Waals surface area contributed by atoms with Gasteiger partial charge in [-0.1, -0.05) is 23.7 Å². The Kier molecular flexibility index (Phi) is 3.87. The predicted molar refractivity (Wildman–Crippen MR) is 75.1 cm³/mol. The van der Waals surface area contributed by atoms with Crippen molar-refractivity contribution < 1.29 is 8.42 Å². The molecule has 19 heavy (non-hydrogen) atoms. The van der Waals surface area contributed by atoms with E-state index in [0.29, 0.717) is 5.02 Å². The Morgan fingerprint density at radius 1 is 0.947 bits per heavy atom. The highest BCUT2D eigenvalue weighted by Gasteiger charge is 2.16. The number of sulfone groups is 1. The summed E-state index contributed by atoms with van der Waals surface area (Å²) in [7, 11) is -3.52. The largest absolute Gasteiger partial charge is 0.323 e. The molecule has 0 bridgehead atoms. The number of hydrogen-bond acceptors (Lipinski definition) is 4. The van der Waals surface area contributed by atoms with Gasteiger partial charge in [0, 0.05) is 5.02 Å². The molecule has 0 aliphatic rings. The van der Waals surface area contributed by atoms with Crippen LogP contribution in [0.3, 0.4) is 0 Å². The second kappa shape index (κ2) is 5.42. The highest BCUT2D eigenvalue weighted by molar-refractivity contribution is 7.91. The fraction of sp³-hybridized carbons (Fsp3) is 0. The van der Waals surface area contributed by atoms with Crippen molar-refractivity contribution in [3.05, 3.63) is 59.1 Å². The van der Waals surface area contributed by atoms with Gasteiger partial charge in [0.25, 0.3) is 0 Å². The fourth-order valence-electron chi connectivity index (χ4n) is 1.57. The number of benzene rings is 2. The molecule has 0 aliphatic heterocycles. The first-order valence-electron chi connectivity index (χ1n) is 5.38. The minimum Gasteiger partial charge on any atom is -0.323 e. The number of rotatable bonds is 3. The van der Waals surface area contributed by atoms with Crippen molar-refractivity contribution in [1.29, 1.82) is 0 Å². The lowest BCUT2D eigenvalue weighted by atomic mass is 10.2. The van der Waals surface area contributed by atoms with E-state index >= 15 is 0 Å². The summed E-state index contributed by atoms with van der Waals surface area (Å²) < 4.78 is 24.6. The molecular weight excluding hydrogens is 284 g/mol. The SMILES string of the molecule is NN=Cc1ccc(S(=O)(=O)c2ccc(Cl)cc2)cc1. The second-order valence-corrected chi connectivity index (χ2v) is 6.19. The van der Waals surface area contributed by atoms with Crippen molar-refractivity contribution in [3.63, 3.8) is 0 Å². The zero-order valence-electron chi connectivity index (χ0n) is 9.82. The highest BCUT2D eigenvalue weighted by Crippen LogP contribution is 2.22. The molecule has 0 saturated heterocycles. The van der Waals surface area contributed by atoms with Crippen LogP contribution in [0.5, 0.6) is 0 Å². The third kappa shape index (κ3) is 2.94. The minimum atomic E-state index is -3.52. The zero-order chi connectivity index (χ0) is 13.9. The summed E-state index contributed by atoms with van der Waals surface area (Å²) in [6.45, 7) is 0. The monoisotopic (exact) mass is 294 g/mol. The van der Waals surface area contributed by atoms with Crippen molar-refractivity contribution in [1.82, 2.24) is 0 Å². The Morgan fingerprint density at radius 3 is 1.89 bits per heavy atom. The molecule has 2 aromatic carbocycles. The van der Waals surface area contributed by atoms with Gasteiger partial charge in [-0.15, -0.1) is 0 Å². The lowest BCUT2D eigenvalue weighted by Crippen LogP contribution is -2.02. The fourth-order valence-corrected chi connectivity index (χ4v) is 2.96. The van der Waals surface area contributed by atoms with Gasteiger partial charge in [0.05, 0.1) is 16.0 Å². The molecule has 0 aromatic heterocycles. The molecule has 0 aliphatic carbocycles. The van der Waals surface area contributed by atoms with Gasteiger partial charge in [0.1, 0.15) is 0 Å². The molecule has 6 heteroatoms. The van der Waals surface area contributed by atoms with E-state index in [-0.39, 0.29) is 9.79 Å². The van der Waals surface area contributed by atoms with E-state index in [1.165, 1.54) is 30.5 Å². The van der Waals surface area contributed by atoms with E-state index in [9.17, 15) is 8.42 Å². The molecule has 0 fully saturated rings. The van der Waals surface area contributed by atoms with Crippen LogP contribution in [0.4, 0.5) is 0 Å². The van der Waals surface area contributed by atoms with E-state index in [2.05, 4.69) is 5.10 Å². The van der Waals surface area contributed by atoms with Gasteiger partial charge in [-0.05, 0) is 42.0 Å². The van der Waals surface area contributed by atoms with Crippen LogP contribution in [0.15, 0.2) is 63.4 Å². The molecule has 4 nitrogen and oxygen atoms in total. The highest BCUT2D eigenvalue weighted by atomic mass is 35.5. The zero-order valence-corrected chi connectivity index (χ0v) is 11.4. The normalized spacial score (nSPS) is 11.8. The molecule has 98 valence electrons. The van der Waals surface area contributed by atoms with E-state index in [4.69, 9.17) is 17.4 Å². The molecule has 0 amide bonds. The minimum absolute atomic E-state index is 0.206. The predicted octanol–water partition coefficient (Wildman–Crippen LogP) is 2.47. The number of hydrazone groups is 1. The lowest BCUT2D eigenvalue weighted by Gasteiger charge is -2.05. The molecule has 2 N–H and O–H groups in total. The Hall–Kier alpha value is -1.85. The van der Waals surface area contributed by atoms with Gasteiger partial charge in [-0.3, -0.25) is 0 Å². The molecule has 0 unspecified atom stereocenters. The number of hydrogen-bond donors (Lipinski definition) is 1. The molecule has 0 radical (unpaired) electrons. The van der Waals surface area contributed by atoms with E-state index < -0.39 is 9.84 Å². The van der Waals surface area contributed by atoms with Crippen molar-refractivity contribution in [2.75, 3.05) is 0 Å². The van der Waals surface area contributed by atoms with Crippen LogP contribution >= 0.6 is 11.6 Å². The van der Waals surface area contributed by atoms with E-state index in [0.717, 1.165) is 5.56 Å². The molecule has 0 spiro atoms. The van der Waals surface area contributed by atoms with Gasteiger partial charge in [0.2, 0.25) is 9.84 Å². The Morgan fingerprint density at radius 2 is 1.42 bits per heavy atom. The maximum atomic E-state index is 12.3. The average Bonchev–Trinajstić information content (AvgIpc) is 2.40. The van der Waals surface area contributed by atoms with Crippen LogP contribution in [-0.4, -0.2) is 14.6 Å². The first-order valence-corrected chi connectivity index (χ1v) is 7.24. The van der Waals surface area contributed by atoms with Crippen molar-refractivity contribution >= 4 is 27.7 Å². The maximum absolute atomic E-state index is 12.3. The molecule has 0 heterocycles. The van der Waals surface area contributed by atoms with Crippen LogP contribution < -0.4 is 5.84 Å². The van der Waals surface area contributed by atoms with Crippen LogP contribution in [-0.2, 0) is 9.84 Å². The third-order valence-electron chi connectivity index (χ3n) is 2.54. The van der Waals surface area contributed by atoms with Crippen molar-refractivity contribution in [2.24, 2.45) is 10.9 Å². The molecular formula is C13H11ClN2O2S. The molecule has 0 saturated carbocycles. The third-order valence-corrected chi connectivity index (χ3v) is 4.58. The van der Waals surface area contributed by atoms with Crippen LogP contribution in [0, 0.1) is 0 Å². The van der Waals surface area contributed by atoms with Gasteiger partial charge in [0.15, 0.2) is 0 Å². The van der Waals surface area contributed by atoms with Crippen LogP contribution in [0.1, 0.15) is 5.56 Å². The topological polar surface area (TPSA) is 72.5 Å². The second-order valence-electron chi connectivity index (χ2n) is 3.80. The summed E-state index contributed by atoms with van der Waals surface area (Å²) in [5, 5.41) is 3.87. The lowest BCUT2D eigenvalue weighted by molar-refractivity contribution is 0.596. The Labute approximate surface area is 116 Å². The summed E-state index contributed by atoms with van der Waals surface area (Å²) in [5.74, 6) is 5.03. The van der Waals surface area contributed by atoms with Gasteiger partial charge < -0.3 is 5.84 Å². The van der Waals surface area contributed by atoms with Crippen LogP contribution in [0.2, 0.25) is 5.02 Å². The molecule has 2 rings (SSSR count). The van der Waals surface area contributed by atoms with Crippen molar-refractivity contribution in [2.45, 2.75) is 9.79 Å². The average molecular weight is 295 g/mol. The number of halogens is 1. The van der Waals surface area contributed by atoms with Crippen LogP contribution in [0.25, 0.3) is 0 Å². The summed E-state index contributed by atoms with van der Waals surface area (Å²) in [6.07, 6.45) is 1.44. The molecule has 2 aromatic rings. The Balaban J connectivity index is 2.41. The maximum Gasteiger partial charge on any atom is 0.206 e.